The number of nitrogens with one attached hydrogen (secondary N) is 1. The van der Waals surface area contributed by atoms with Crippen molar-refractivity contribution in [3.05, 3.63) is 70.4 Å². The fourth-order valence-electron chi connectivity index (χ4n) is 2.97. The van der Waals surface area contributed by atoms with Crippen molar-refractivity contribution in [2.75, 3.05) is 6.54 Å². The Morgan fingerprint density at radius 1 is 1.09 bits per heavy atom. The van der Waals surface area contributed by atoms with Crippen LogP contribution >= 0.6 is 11.6 Å². The van der Waals surface area contributed by atoms with Gasteiger partial charge in [0, 0.05) is 28.0 Å². The minimum absolute atomic E-state index is 0.291. The van der Waals surface area contributed by atoms with Crippen molar-refractivity contribution in [3.8, 4) is 0 Å². The molecular formula is C19H21ClN2. The van der Waals surface area contributed by atoms with Crippen LogP contribution in [0.25, 0.3) is 10.9 Å². The van der Waals surface area contributed by atoms with Crippen molar-refractivity contribution < 1.29 is 0 Å². The second-order valence-electron chi connectivity index (χ2n) is 5.74. The highest BCUT2D eigenvalue weighted by Crippen LogP contribution is 2.29. The van der Waals surface area contributed by atoms with Crippen LogP contribution in [0.15, 0.2) is 48.7 Å². The van der Waals surface area contributed by atoms with Crippen LogP contribution in [0.3, 0.4) is 0 Å². The summed E-state index contributed by atoms with van der Waals surface area (Å²) in [5, 5.41) is 1.93. The quantitative estimate of drug-likeness (QED) is 0.706. The van der Waals surface area contributed by atoms with E-state index in [1.54, 1.807) is 0 Å². The number of hydrogen-bond acceptors (Lipinski definition) is 1. The van der Waals surface area contributed by atoms with E-state index < -0.39 is 0 Å². The van der Waals surface area contributed by atoms with Crippen molar-refractivity contribution in [1.82, 2.24) is 4.98 Å². The molecule has 0 fully saturated rings. The zero-order chi connectivity index (χ0) is 15.5. The Morgan fingerprint density at radius 3 is 2.50 bits per heavy atom. The fourth-order valence-corrected chi connectivity index (χ4v) is 3.14. The number of benzene rings is 2. The first-order valence-electron chi connectivity index (χ1n) is 7.75. The van der Waals surface area contributed by atoms with Crippen LogP contribution in [0, 0.1) is 0 Å². The van der Waals surface area contributed by atoms with E-state index in [0.29, 0.717) is 12.5 Å². The number of halogens is 1. The van der Waals surface area contributed by atoms with Gasteiger partial charge in [0.05, 0.1) is 0 Å². The molecule has 0 bridgehead atoms. The Bertz CT molecular complexity index is 759. The normalized spacial score (nSPS) is 12.7. The van der Waals surface area contributed by atoms with E-state index in [-0.39, 0.29) is 0 Å². The summed E-state index contributed by atoms with van der Waals surface area (Å²) in [6.07, 6.45) is 4.08. The maximum Gasteiger partial charge on any atom is 0.0457 e. The van der Waals surface area contributed by atoms with Gasteiger partial charge < -0.3 is 10.7 Å². The Morgan fingerprint density at radius 2 is 1.82 bits per heavy atom. The number of aromatic nitrogens is 1. The van der Waals surface area contributed by atoms with Crippen LogP contribution < -0.4 is 5.73 Å². The highest BCUT2D eigenvalue weighted by molar-refractivity contribution is 6.31. The van der Waals surface area contributed by atoms with E-state index in [9.17, 15) is 0 Å². The Kier molecular flexibility index (Phi) is 4.51. The molecule has 1 unspecified atom stereocenters. The summed E-state index contributed by atoms with van der Waals surface area (Å²) < 4.78 is 0. The van der Waals surface area contributed by atoms with Crippen molar-refractivity contribution in [3.63, 3.8) is 0 Å². The van der Waals surface area contributed by atoms with Crippen molar-refractivity contribution in [1.29, 1.82) is 0 Å². The summed E-state index contributed by atoms with van der Waals surface area (Å²) in [7, 11) is 0. The molecule has 0 aliphatic rings. The lowest BCUT2D eigenvalue weighted by atomic mass is 9.91. The van der Waals surface area contributed by atoms with Gasteiger partial charge in [0.2, 0.25) is 0 Å². The van der Waals surface area contributed by atoms with Crippen LogP contribution in [0.4, 0.5) is 0 Å². The number of hydrogen-bond donors (Lipinski definition) is 2. The van der Waals surface area contributed by atoms with Gasteiger partial charge in [-0.3, -0.25) is 0 Å². The maximum absolute atomic E-state index is 6.14. The molecule has 1 aromatic heterocycles. The monoisotopic (exact) mass is 312 g/mol. The predicted molar refractivity (Wildman–Crippen MR) is 94.6 cm³/mol. The van der Waals surface area contributed by atoms with E-state index in [2.05, 4.69) is 42.4 Å². The van der Waals surface area contributed by atoms with Crippen molar-refractivity contribution in [2.45, 2.75) is 25.7 Å². The Hall–Kier alpha value is -1.77. The second kappa shape index (κ2) is 6.55. The molecule has 0 aliphatic carbocycles. The summed E-state index contributed by atoms with van der Waals surface area (Å²) in [5.41, 5.74) is 11.1. The van der Waals surface area contributed by atoms with Gasteiger partial charge in [-0.2, -0.15) is 0 Å². The highest BCUT2D eigenvalue weighted by atomic mass is 35.5. The average Bonchev–Trinajstić information content (AvgIpc) is 2.96. The van der Waals surface area contributed by atoms with Crippen molar-refractivity contribution in [2.24, 2.45) is 5.73 Å². The molecule has 22 heavy (non-hydrogen) atoms. The topological polar surface area (TPSA) is 41.8 Å². The molecule has 3 aromatic rings. The van der Waals surface area contributed by atoms with E-state index in [1.807, 2.05) is 18.2 Å². The van der Waals surface area contributed by atoms with Crippen LogP contribution in [0.1, 0.15) is 29.5 Å². The van der Waals surface area contributed by atoms with E-state index >= 15 is 0 Å². The molecule has 0 spiro atoms. The molecule has 1 heterocycles. The molecule has 2 nitrogen and oxygen atoms in total. The lowest BCUT2D eigenvalue weighted by molar-refractivity contribution is 0.699. The molecule has 114 valence electrons. The maximum atomic E-state index is 6.14. The third-order valence-electron chi connectivity index (χ3n) is 4.31. The van der Waals surface area contributed by atoms with Crippen LogP contribution in [0.5, 0.6) is 0 Å². The first-order valence-corrected chi connectivity index (χ1v) is 8.13. The number of H-pyrrole nitrogens is 1. The zero-order valence-electron chi connectivity index (χ0n) is 12.8. The standard InChI is InChI=1S/C19H21ClN2/c1-2-13-3-5-14(6-4-13)9-15(11-21)18-12-22-19-8-7-16(20)10-17(18)19/h3-8,10,12,15,22H,2,9,11,21H2,1H3. The molecule has 0 aliphatic heterocycles. The van der Waals surface area contributed by atoms with Gasteiger partial charge >= 0.3 is 0 Å². The van der Waals surface area contributed by atoms with Gasteiger partial charge in [0.25, 0.3) is 0 Å². The fraction of sp³-hybridized carbons (Fsp3) is 0.263. The summed E-state index contributed by atoms with van der Waals surface area (Å²) in [5.74, 6) is 0.291. The molecular weight excluding hydrogens is 292 g/mol. The first-order chi connectivity index (χ1) is 10.7. The zero-order valence-corrected chi connectivity index (χ0v) is 13.5. The number of fused-ring (bicyclic) bond motifs is 1. The van der Waals surface area contributed by atoms with Gasteiger partial charge in [-0.05, 0) is 54.3 Å². The van der Waals surface area contributed by atoms with E-state index in [4.69, 9.17) is 17.3 Å². The lowest BCUT2D eigenvalue weighted by Gasteiger charge is -2.15. The van der Waals surface area contributed by atoms with Gasteiger partial charge in [-0.15, -0.1) is 0 Å². The molecule has 0 saturated carbocycles. The summed E-state index contributed by atoms with van der Waals surface area (Å²) >= 11 is 6.14. The van der Waals surface area contributed by atoms with Crippen molar-refractivity contribution >= 4 is 22.5 Å². The van der Waals surface area contributed by atoms with E-state index in [0.717, 1.165) is 23.4 Å². The molecule has 0 radical (unpaired) electrons. The van der Waals surface area contributed by atoms with Crippen LogP contribution in [-0.2, 0) is 12.8 Å². The highest BCUT2D eigenvalue weighted by Gasteiger charge is 2.15. The summed E-state index contributed by atoms with van der Waals surface area (Å²) in [6.45, 7) is 2.79. The average molecular weight is 313 g/mol. The van der Waals surface area contributed by atoms with Gasteiger partial charge in [-0.25, -0.2) is 0 Å². The SMILES string of the molecule is CCc1ccc(CC(CN)c2c[nH]c3ccc(Cl)cc23)cc1. The molecule has 0 amide bonds. The predicted octanol–water partition coefficient (Wildman–Crippen LogP) is 4.67. The third-order valence-corrected chi connectivity index (χ3v) is 4.55. The minimum Gasteiger partial charge on any atom is -0.361 e. The minimum atomic E-state index is 0.291. The van der Waals surface area contributed by atoms with Gasteiger partial charge in [0.1, 0.15) is 0 Å². The smallest absolute Gasteiger partial charge is 0.0457 e. The Balaban J connectivity index is 1.90. The third kappa shape index (κ3) is 3.03. The lowest BCUT2D eigenvalue weighted by Crippen LogP contribution is -2.14. The summed E-state index contributed by atoms with van der Waals surface area (Å²) in [4.78, 5) is 3.32. The van der Waals surface area contributed by atoms with Crippen LogP contribution in [0.2, 0.25) is 5.02 Å². The first kappa shape index (κ1) is 15.1. The number of aromatic amines is 1. The number of aryl methyl sites for hydroxylation is 1. The molecule has 2 aromatic carbocycles. The molecule has 0 saturated heterocycles. The summed E-state index contributed by atoms with van der Waals surface area (Å²) in [6, 6.07) is 14.8. The largest absolute Gasteiger partial charge is 0.361 e. The van der Waals surface area contributed by atoms with E-state index in [1.165, 1.54) is 22.1 Å². The number of rotatable bonds is 5. The van der Waals surface area contributed by atoms with Crippen LogP contribution in [-0.4, -0.2) is 11.5 Å². The molecule has 3 N–H and O–H groups in total. The van der Waals surface area contributed by atoms with Gasteiger partial charge in [0.15, 0.2) is 0 Å². The van der Waals surface area contributed by atoms with Gasteiger partial charge in [-0.1, -0.05) is 42.8 Å². The second-order valence-corrected chi connectivity index (χ2v) is 6.18. The molecule has 3 rings (SSSR count). The Labute approximate surface area is 136 Å². The molecule has 3 heteroatoms. The molecule has 1 atom stereocenters. The number of nitrogens with two attached hydrogens (primary N) is 1.